The van der Waals surface area contributed by atoms with Crippen molar-refractivity contribution in [1.82, 2.24) is 4.57 Å². The number of fused-ring (bicyclic) bond motifs is 9. The highest BCUT2D eigenvalue weighted by Gasteiger charge is 2.36. The standard InChI is InChI=1S/C44H33N3/c1-2-12-33-27-34(22-19-28(33)9-1)29-17-20-32(21-18-29)43-44(46-38-16-8-7-15-37(38)45-43)47-39-25-23-30-10-3-5-13-35(30)41(39)42-36-14-6-4-11-31(36)24-26-40(42)47/h1-5,7-13,15-27,43-46H,6,14H2/p+1. The summed E-state index contributed by atoms with van der Waals surface area (Å²) in [6, 6.07) is 51.6. The Bertz CT molecular complexity index is 2540. The molecule has 0 spiro atoms. The van der Waals surface area contributed by atoms with Crippen LogP contribution in [0.15, 0.2) is 146 Å². The molecule has 0 saturated heterocycles. The van der Waals surface area contributed by atoms with Crippen LogP contribution in [0.5, 0.6) is 0 Å². The Morgan fingerprint density at radius 3 is 2.26 bits per heavy atom. The number of hydrogen-bond donors (Lipinski definition) is 2. The molecule has 0 amide bonds. The lowest BCUT2D eigenvalue weighted by molar-refractivity contribution is -0.639. The Hall–Kier alpha value is -5.64. The number of rotatable bonds is 3. The second kappa shape index (κ2) is 10.4. The molecule has 2 unspecified atom stereocenters. The van der Waals surface area contributed by atoms with Gasteiger partial charge >= 0.3 is 0 Å². The number of quaternary nitrogens is 1. The Labute approximate surface area is 273 Å². The quantitative estimate of drug-likeness (QED) is 0.193. The van der Waals surface area contributed by atoms with Crippen LogP contribution in [0, 0.1) is 0 Å². The van der Waals surface area contributed by atoms with Crippen molar-refractivity contribution in [3.8, 4) is 11.1 Å². The molecule has 3 heteroatoms. The average molecular weight is 605 g/mol. The number of nitrogens with two attached hydrogens (primary N) is 1. The molecular formula is C44H34N3+. The summed E-state index contributed by atoms with van der Waals surface area (Å²) in [5.41, 5.74) is 11.6. The smallest absolute Gasteiger partial charge is 0.195 e. The third-order valence-corrected chi connectivity index (χ3v) is 10.5. The number of nitrogens with zero attached hydrogens (tertiary/aromatic N) is 1. The lowest BCUT2D eigenvalue weighted by Gasteiger charge is -2.34. The van der Waals surface area contributed by atoms with Crippen LogP contribution in [0.2, 0.25) is 0 Å². The second-order valence-electron chi connectivity index (χ2n) is 13.1. The SMILES string of the molecule is C1=Cc2ccc3c(c2CC1)c1c2ccccc2ccc1n3C1[NH2+]c2ccccc2NC1c1ccc(-c2ccc3ccccc3c2)cc1. The van der Waals surface area contributed by atoms with Gasteiger partial charge in [-0.3, -0.25) is 9.88 Å². The van der Waals surface area contributed by atoms with Crippen LogP contribution < -0.4 is 10.6 Å². The molecule has 10 rings (SSSR count). The zero-order valence-corrected chi connectivity index (χ0v) is 26.0. The molecule has 3 nitrogen and oxygen atoms in total. The van der Waals surface area contributed by atoms with E-state index < -0.39 is 0 Å². The van der Waals surface area contributed by atoms with Crippen LogP contribution in [-0.2, 0) is 6.42 Å². The molecule has 1 aliphatic heterocycles. The predicted octanol–water partition coefficient (Wildman–Crippen LogP) is 10.3. The first-order chi connectivity index (χ1) is 23.3. The van der Waals surface area contributed by atoms with E-state index in [1.165, 1.54) is 82.5 Å². The maximum absolute atomic E-state index is 4.00. The van der Waals surface area contributed by atoms with Crippen LogP contribution in [0.3, 0.4) is 0 Å². The van der Waals surface area contributed by atoms with E-state index in [2.05, 4.69) is 167 Å². The van der Waals surface area contributed by atoms with Gasteiger partial charge in [0.05, 0.1) is 16.7 Å². The minimum Gasteiger partial charge on any atom is -0.366 e. The lowest BCUT2D eigenvalue weighted by Crippen LogP contribution is -2.84. The normalized spacial score (nSPS) is 17.2. The van der Waals surface area contributed by atoms with E-state index in [1.807, 2.05) is 0 Å². The highest BCUT2D eigenvalue weighted by Crippen LogP contribution is 2.44. The summed E-state index contributed by atoms with van der Waals surface area (Å²) in [6.45, 7) is 0. The first-order valence-electron chi connectivity index (χ1n) is 16.7. The summed E-state index contributed by atoms with van der Waals surface area (Å²) in [5, 5.41) is 14.4. The highest BCUT2D eigenvalue weighted by molar-refractivity contribution is 6.22. The molecule has 2 aliphatic rings. The zero-order chi connectivity index (χ0) is 30.9. The van der Waals surface area contributed by atoms with Gasteiger partial charge in [-0.1, -0.05) is 121 Å². The summed E-state index contributed by atoms with van der Waals surface area (Å²) in [4.78, 5) is 0. The highest BCUT2D eigenvalue weighted by atomic mass is 15.3. The van der Waals surface area contributed by atoms with Crippen molar-refractivity contribution < 1.29 is 5.32 Å². The van der Waals surface area contributed by atoms with Gasteiger partial charge < -0.3 is 5.32 Å². The first kappa shape index (κ1) is 26.6. The first-order valence-corrected chi connectivity index (χ1v) is 16.7. The van der Waals surface area contributed by atoms with Crippen molar-refractivity contribution >= 4 is 60.8 Å². The molecule has 2 heterocycles. The molecule has 3 N–H and O–H groups in total. The molecule has 47 heavy (non-hydrogen) atoms. The van der Waals surface area contributed by atoms with Crippen molar-refractivity contribution in [3.05, 3.63) is 162 Å². The number of aryl methyl sites for hydroxylation is 1. The summed E-state index contributed by atoms with van der Waals surface area (Å²) >= 11 is 0. The van der Waals surface area contributed by atoms with Gasteiger partial charge in [-0.15, -0.1) is 0 Å². The van der Waals surface area contributed by atoms with Gasteiger partial charge in [-0.2, -0.15) is 0 Å². The van der Waals surface area contributed by atoms with Gasteiger partial charge in [0.15, 0.2) is 11.9 Å². The fourth-order valence-electron chi connectivity index (χ4n) is 8.23. The van der Waals surface area contributed by atoms with Gasteiger partial charge in [-0.05, 0) is 86.5 Å². The minimum atomic E-state index is 0.0525. The maximum Gasteiger partial charge on any atom is 0.195 e. The van der Waals surface area contributed by atoms with Gasteiger partial charge in [-0.25, -0.2) is 0 Å². The summed E-state index contributed by atoms with van der Waals surface area (Å²) < 4.78 is 2.63. The number of benzene rings is 7. The van der Waals surface area contributed by atoms with Crippen molar-refractivity contribution in [1.29, 1.82) is 0 Å². The summed E-state index contributed by atoms with van der Waals surface area (Å²) in [7, 11) is 0. The van der Waals surface area contributed by atoms with Crippen molar-refractivity contribution in [2.24, 2.45) is 0 Å². The fourth-order valence-corrected chi connectivity index (χ4v) is 8.23. The van der Waals surface area contributed by atoms with E-state index in [1.54, 1.807) is 0 Å². The van der Waals surface area contributed by atoms with Crippen LogP contribution >= 0.6 is 0 Å². The monoisotopic (exact) mass is 604 g/mol. The molecular weight excluding hydrogens is 571 g/mol. The molecule has 7 aromatic carbocycles. The third kappa shape index (κ3) is 4.17. The van der Waals surface area contributed by atoms with Crippen molar-refractivity contribution in [2.75, 3.05) is 5.32 Å². The topological polar surface area (TPSA) is 33.6 Å². The third-order valence-electron chi connectivity index (χ3n) is 10.5. The molecule has 0 radical (unpaired) electrons. The van der Waals surface area contributed by atoms with Crippen LogP contribution in [0.4, 0.5) is 11.4 Å². The van der Waals surface area contributed by atoms with Gasteiger partial charge in [0.1, 0.15) is 6.04 Å². The number of allylic oxidation sites excluding steroid dienone is 1. The molecule has 224 valence electrons. The maximum atomic E-state index is 4.00. The van der Waals surface area contributed by atoms with E-state index >= 15 is 0 Å². The van der Waals surface area contributed by atoms with Gasteiger partial charge in [0.25, 0.3) is 0 Å². The van der Waals surface area contributed by atoms with Crippen molar-refractivity contribution in [2.45, 2.75) is 25.0 Å². The lowest BCUT2D eigenvalue weighted by atomic mass is 9.91. The fraction of sp³-hybridized carbons (Fsp3) is 0.0909. The zero-order valence-electron chi connectivity index (χ0n) is 26.0. The second-order valence-corrected chi connectivity index (χ2v) is 13.1. The summed E-state index contributed by atoms with van der Waals surface area (Å²) in [6.07, 6.45) is 6.85. The largest absolute Gasteiger partial charge is 0.366 e. The van der Waals surface area contributed by atoms with Crippen LogP contribution in [0.1, 0.15) is 35.3 Å². The van der Waals surface area contributed by atoms with E-state index in [-0.39, 0.29) is 12.2 Å². The molecule has 0 fully saturated rings. The Kier molecular flexibility index (Phi) is 5.91. The predicted molar refractivity (Wildman–Crippen MR) is 197 cm³/mol. The van der Waals surface area contributed by atoms with Gasteiger partial charge in [0.2, 0.25) is 0 Å². The average Bonchev–Trinajstić information content (AvgIpc) is 3.49. The Balaban J connectivity index is 1.17. The Morgan fingerprint density at radius 1 is 0.617 bits per heavy atom. The van der Waals surface area contributed by atoms with Gasteiger partial charge in [0, 0.05) is 16.8 Å². The Morgan fingerprint density at radius 2 is 1.34 bits per heavy atom. The van der Waals surface area contributed by atoms with Crippen LogP contribution in [0.25, 0.3) is 60.6 Å². The molecule has 1 aromatic heterocycles. The van der Waals surface area contributed by atoms with E-state index in [0.29, 0.717) is 0 Å². The molecule has 0 saturated carbocycles. The molecule has 0 bridgehead atoms. The van der Waals surface area contributed by atoms with E-state index in [9.17, 15) is 0 Å². The van der Waals surface area contributed by atoms with Crippen molar-refractivity contribution in [3.63, 3.8) is 0 Å². The number of aromatic nitrogens is 1. The number of nitrogens with one attached hydrogen (secondary N) is 1. The number of para-hydroxylation sites is 2. The molecule has 2 atom stereocenters. The molecule has 1 aliphatic carbocycles. The molecule has 8 aromatic rings. The number of hydrogen-bond acceptors (Lipinski definition) is 1. The minimum absolute atomic E-state index is 0.0525. The summed E-state index contributed by atoms with van der Waals surface area (Å²) in [5.74, 6) is 0. The van der Waals surface area contributed by atoms with E-state index in [4.69, 9.17) is 0 Å². The van der Waals surface area contributed by atoms with Crippen LogP contribution in [-0.4, -0.2) is 4.57 Å². The number of anilines is 1. The van der Waals surface area contributed by atoms with E-state index in [0.717, 1.165) is 12.8 Å².